The van der Waals surface area contributed by atoms with Crippen molar-refractivity contribution in [1.29, 1.82) is 0 Å². The zero-order valence-corrected chi connectivity index (χ0v) is 9.44. The highest BCUT2D eigenvalue weighted by atomic mass is 32.1. The molecule has 2 aromatic rings. The molecule has 1 atom stereocenters. The first-order valence-electron chi connectivity index (χ1n) is 4.35. The summed E-state index contributed by atoms with van der Waals surface area (Å²) in [6.45, 7) is 2.99. The third-order valence-corrected chi connectivity index (χ3v) is 3.35. The Bertz CT molecular complexity index is 355. The molecule has 74 valence electrons. The number of aromatic nitrogens is 2. The molecule has 1 N–H and O–H groups in total. The van der Waals surface area contributed by atoms with Crippen LogP contribution < -0.4 is 5.32 Å². The minimum absolute atomic E-state index is 0.309. The van der Waals surface area contributed by atoms with Crippen molar-refractivity contribution in [2.24, 2.45) is 0 Å². The van der Waals surface area contributed by atoms with Crippen LogP contribution in [0.5, 0.6) is 0 Å². The van der Waals surface area contributed by atoms with Crippen LogP contribution in [0.1, 0.15) is 23.5 Å². The minimum atomic E-state index is 0.309. The second-order valence-electron chi connectivity index (χ2n) is 2.98. The lowest BCUT2D eigenvalue weighted by Crippen LogP contribution is -2.17. The van der Waals surface area contributed by atoms with E-state index in [-0.39, 0.29) is 0 Å². The molecule has 0 bridgehead atoms. The van der Waals surface area contributed by atoms with Crippen molar-refractivity contribution in [2.75, 3.05) is 0 Å². The molecule has 2 rings (SSSR count). The van der Waals surface area contributed by atoms with E-state index in [0.29, 0.717) is 6.04 Å². The first-order valence-corrected chi connectivity index (χ1v) is 6.17. The van der Waals surface area contributed by atoms with Gasteiger partial charge in [-0.2, -0.15) is 0 Å². The largest absolute Gasteiger partial charge is 0.304 e. The summed E-state index contributed by atoms with van der Waals surface area (Å²) in [7, 11) is 0. The molecule has 0 aliphatic rings. The average Bonchev–Trinajstić information content (AvgIpc) is 2.87. The fourth-order valence-corrected chi connectivity index (χ4v) is 2.32. The number of rotatable bonds is 4. The van der Waals surface area contributed by atoms with E-state index in [9.17, 15) is 0 Å². The molecule has 0 radical (unpaired) electrons. The maximum absolute atomic E-state index is 4.26. The second kappa shape index (κ2) is 4.63. The number of nitrogens with zero attached hydrogens (tertiary/aromatic N) is 2. The highest BCUT2D eigenvalue weighted by molar-refractivity contribution is 7.09. The molecule has 2 aromatic heterocycles. The van der Waals surface area contributed by atoms with Gasteiger partial charge in [0.05, 0.1) is 16.7 Å². The van der Waals surface area contributed by atoms with Gasteiger partial charge in [0.25, 0.3) is 0 Å². The lowest BCUT2D eigenvalue weighted by Gasteiger charge is -2.09. The lowest BCUT2D eigenvalue weighted by molar-refractivity contribution is 0.567. The lowest BCUT2D eigenvalue weighted by atomic mass is 10.2. The van der Waals surface area contributed by atoms with E-state index >= 15 is 0 Å². The Hall–Kier alpha value is -0.780. The third-order valence-electron chi connectivity index (χ3n) is 1.96. The highest BCUT2D eigenvalue weighted by Crippen LogP contribution is 2.13. The van der Waals surface area contributed by atoms with Crippen molar-refractivity contribution in [2.45, 2.75) is 19.5 Å². The van der Waals surface area contributed by atoms with Crippen molar-refractivity contribution < 1.29 is 0 Å². The Morgan fingerprint density at radius 2 is 2.43 bits per heavy atom. The van der Waals surface area contributed by atoms with Crippen LogP contribution in [0.15, 0.2) is 22.6 Å². The molecule has 0 aliphatic carbocycles. The van der Waals surface area contributed by atoms with Gasteiger partial charge in [0.1, 0.15) is 0 Å². The van der Waals surface area contributed by atoms with E-state index in [2.05, 4.69) is 27.6 Å². The number of hydrogen-bond donors (Lipinski definition) is 1. The van der Waals surface area contributed by atoms with Gasteiger partial charge in [-0.1, -0.05) is 0 Å². The van der Waals surface area contributed by atoms with Crippen LogP contribution in [0.25, 0.3) is 0 Å². The van der Waals surface area contributed by atoms with Crippen LogP contribution in [0.3, 0.4) is 0 Å². The smallest absolute Gasteiger partial charge is 0.0795 e. The summed E-state index contributed by atoms with van der Waals surface area (Å²) in [5.41, 5.74) is 4.82. The standard InChI is InChI=1S/C9H11N3S2/c1-7(9-4-13-6-12-9)11-3-8-2-10-5-14-8/h2,4-7,11H,3H2,1H3. The van der Waals surface area contributed by atoms with Crippen LogP contribution in [0.2, 0.25) is 0 Å². The zero-order chi connectivity index (χ0) is 9.80. The Morgan fingerprint density at radius 3 is 3.07 bits per heavy atom. The fraction of sp³-hybridized carbons (Fsp3) is 0.333. The minimum Gasteiger partial charge on any atom is -0.304 e. The summed E-state index contributed by atoms with van der Waals surface area (Å²) in [6, 6.07) is 0.309. The van der Waals surface area contributed by atoms with E-state index in [1.807, 2.05) is 17.2 Å². The number of nitrogens with one attached hydrogen (secondary N) is 1. The van der Waals surface area contributed by atoms with Gasteiger partial charge in [-0.3, -0.25) is 4.98 Å². The Balaban J connectivity index is 1.87. The summed E-state index contributed by atoms with van der Waals surface area (Å²) in [4.78, 5) is 9.54. The van der Waals surface area contributed by atoms with Crippen LogP contribution >= 0.6 is 22.7 Å². The Labute approximate surface area is 90.9 Å². The van der Waals surface area contributed by atoms with Crippen LogP contribution in [-0.2, 0) is 6.54 Å². The molecule has 2 heterocycles. The molecule has 0 amide bonds. The highest BCUT2D eigenvalue weighted by Gasteiger charge is 2.06. The molecule has 5 heteroatoms. The Morgan fingerprint density at radius 1 is 1.50 bits per heavy atom. The van der Waals surface area contributed by atoms with Gasteiger partial charge < -0.3 is 5.32 Å². The van der Waals surface area contributed by atoms with Crippen LogP contribution in [-0.4, -0.2) is 9.97 Å². The van der Waals surface area contributed by atoms with Gasteiger partial charge in [0, 0.05) is 29.0 Å². The van der Waals surface area contributed by atoms with Crippen molar-refractivity contribution in [1.82, 2.24) is 15.3 Å². The average molecular weight is 225 g/mol. The maximum atomic E-state index is 4.26. The van der Waals surface area contributed by atoms with Crippen molar-refractivity contribution in [3.8, 4) is 0 Å². The van der Waals surface area contributed by atoms with Crippen molar-refractivity contribution >= 4 is 22.7 Å². The van der Waals surface area contributed by atoms with Crippen molar-refractivity contribution in [3.05, 3.63) is 33.2 Å². The number of hydrogen-bond acceptors (Lipinski definition) is 5. The van der Waals surface area contributed by atoms with E-state index in [1.165, 1.54) is 4.88 Å². The predicted octanol–water partition coefficient (Wildman–Crippen LogP) is 2.45. The molecular formula is C9H11N3S2. The van der Waals surface area contributed by atoms with E-state index in [1.54, 1.807) is 22.7 Å². The van der Waals surface area contributed by atoms with Gasteiger partial charge >= 0.3 is 0 Å². The van der Waals surface area contributed by atoms with Gasteiger partial charge in [-0.25, -0.2) is 4.98 Å². The summed E-state index contributed by atoms with van der Waals surface area (Å²) in [5.74, 6) is 0. The molecule has 0 saturated heterocycles. The monoisotopic (exact) mass is 225 g/mol. The first kappa shape index (κ1) is 9.76. The fourth-order valence-electron chi connectivity index (χ4n) is 1.12. The van der Waals surface area contributed by atoms with E-state index < -0.39 is 0 Å². The van der Waals surface area contributed by atoms with Gasteiger partial charge in [-0.05, 0) is 6.92 Å². The topological polar surface area (TPSA) is 37.8 Å². The van der Waals surface area contributed by atoms with Gasteiger partial charge in [0.15, 0.2) is 0 Å². The third kappa shape index (κ3) is 2.37. The van der Waals surface area contributed by atoms with Gasteiger partial charge in [0.2, 0.25) is 0 Å². The van der Waals surface area contributed by atoms with E-state index in [4.69, 9.17) is 0 Å². The molecule has 14 heavy (non-hydrogen) atoms. The number of thiazole rings is 2. The summed E-state index contributed by atoms with van der Waals surface area (Å²) < 4.78 is 0. The van der Waals surface area contributed by atoms with Crippen molar-refractivity contribution in [3.63, 3.8) is 0 Å². The molecular weight excluding hydrogens is 214 g/mol. The second-order valence-corrected chi connectivity index (χ2v) is 4.67. The summed E-state index contributed by atoms with van der Waals surface area (Å²) in [6.07, 6.45) is 1.89. The van der Waals surface area contributed by atoms with Crippen LogP contribution in [0, 0.1) is 0 Å². The molecule has 0 spiro atoms. The molecule has 0 aliphatic heterocycles. The summed E-state index contributed by atoms with van der Waals surface area (Å²) >= 11 is 3.30. The molecule has 0 fully saturated rings. The Kier molecular flexibility index (Phi) is 3.23. The SMILES string of the molecule is CC(NCc1cncs1)c1cscn1. The van der Waals surface area contributed by atoms with E-state index in [0.717, 1.165) is 12.2 Å². The van der Waals surface area contributed by atoms with Crippen LogP contribution in [0.4, 0.5) is 0 Å². The normalized spacial score (nSPS) is 12.9. The first-order chi connectivity index (χ1) is 6.86. The molecule has 3 nitrogen and oxygen atoms in total. The molecule has 1 unspecified atom stereocenters. The van der Waals surface area contributed by atoms with Gasteiger partial charge in [-0.15, -0.1) is 22.7 Å². The molecule has 0 aromatic carbocycles. The molecule has 0 saturated carbocycles. The summed E-state index contributed by atoms with van der Waals surface area (Å²) in [5, 5.41) is 5.48. The maximum Gasteiger partial charge on any atom is 0.0795 e. The zero-order valence-electron chi connectivity index (χ0n) is 7.80. The quantitative estimate of drug-likeness (QED) is 0.868. The predicted molar refractivity (Wildman–Crippen MR) is 59.5 cm³/mol.